The van der Waals surface area contributed by atoms with Gasteiger partial charge in [-0.2, -0.15) is 0 Å². The van der Waals surface area contributed by atoms with E-state index in [1.807, 2.05) is 0 Å². The summed E-state index contributed by atoms with van der Waals surface area (Å²) >= 11 is 0. The van der Waals surface area contributed by atoms with Crippen molar-refractivity contribution in [2.45, 2.75) is 11.8 Å². The van der Waals surface area contributed by atoms with E-state index in [9.17, 15) is 13.2 Å². The summed E-state index contributed by atoms with van der Waals surface area (Å²) in [5.41, 5.74) is 1.30. The topological polar surface area (TPSA) is 97.6 Å². The van der Waals surface area contributed by atoms with E-state index >= 15 is 0 Å². The first-order valence-electron chi connectivity index (χ1n) is 8.01. The molecule has 8 heteroatoms. The lowest BCUT2D eigenvalue weighted by molar-refractivity contribution is 0.0996. The maximum absolute atomic E-state index is 12.8. The summed E-state index contributed by atoms with van der Waals surface area (Å²) in [6, 6.07) is 14.3. The van der Waals surface area contributed by atoms with Crippen molar-refractivity contribution in [1.82, 2.24) is 0 Å². The Kier molecular flexibility index (Phi) is 5.18. The molecule has 0 aliphatic heterocycles. The molecule has 3 aromatic rings. The Morgan fingerprint density at radius 1 is 1.04 bits per heavy atom. The van der Waals surface area contributed by atoms with Crippen LogP contribution in [0.3, 0.4) is 0 Å². The first-order chi connectivity index (χ1) is 12.9. The highest BCUT2D eigenvalue weighted by Gasteiger charge is 2.19. The number of nitrogens with one attached hydrogen (secondary N) is 2. The van der Waals surface area contributed by atoms with E-state index in [0.29, 0.717) is 22.7 Å². The molecule has 7 nitrogen and oxygen atoms in total. The van der Waals surface area contributed by atoms with Crippen LogP contribution in [0.2, 0.25) is 0 Å². The van der Waals surface area contributed by atoms with Crippen LogP contribution in [0.15, 0.2) is 70.2 Å². The monoisotopic (exact) mass is 386 g/mol. The van der Waals surface area contributed by atoms with E-state index in [0.717, 1.165) is 0 Å². The Morgan fingerprint density at radius 3 is 2.37 bits per heavy atom. The third-order valence-corrected chi connectivity index (χ3v) is 5.35. The fourth-order valence-electron chi connectivity index (χ4n) is 2.44. The third-order valence-electron chi connectivity index (χ3n) is 3.82. The molecule has 2 N–H and O–H groups in total. The Balaban J connectivity index is 1.84. The summed E-state index contributed by atoms with van der Waals surface area (Å²) in [5.74, 6) is 0.295. The second-order valence-electron chi connectivity index (χ2n) is 5.75. The maximum Gasteiger partial charge on any atom is 0.291 e. The number of methoxy groups -OCH3 is 1. The van der Waals surface area contributed by atoms with Crippen molar-refractivity contribution in [2.24, 2.45) is 0 Å². The lowest BCUT2D eigenvalue weighted by Gasteiger charge is -2.13. The van der Waals surface area contributed by atoms with Crippen molar-refractivity contribution < 1.29 is 22.4 Å². The standard InChI is InChI=1S/C19H18N2O5S/c1-13-5-6-15(20-19(22)17-4-3-11-26-17)12-18(13)27(23,24)21-14-7-9-16(25-2)10-8-14/h3-12,21H,1-2H3,(H,20,22). The molecule has 1 aromatic heterocycles. The Bertz CT molecular complexity index is 1040. The zero-order valence-electron chi connectivity index (χ0n) is 14.7. The molecule has 0 unspecified atom stereocenters. The van der Waals surface area contributed by atoms with Gasteiger partial charge in [0, 0.05) is 11.4 Å². The van der Waals surface area contributed by atoms with Crippen LogP contribution in [0.4, 0.5) is 11.4 Å². The third kappa shape index (κ3) is 4.29. The van der Waals surface area contributed by atoms with Crippen molar-refractivity contribution in [3.8, 4) is 5.75 Å². The van der Waals surface area contributed by atoms with Gasteiger partial charge in [-0.3, -0.25) is 9.52 Å². The molecular formula is C19H18N2O5S. The van der Waals surface area contributed by atoms with Gasteiger partial charge in [-0.1, -0.05) is 6.07 Å². The summed E-state index contributed by atoms with van der Waals surface area (Å²) in [6.45, 7) is 1.68. The molecule has 0 aliphatic carbocycles. The Morgan fingerprint density at radius 2 is 1.74 bits per heavy atom. The average Bonchev–Trinajstić information content (AvgIpc) is 3.18. The van der Waals surface area contributed by atoms with Crippen LogP contribution < -0.4 is 14.8 Å². The zero-order chi connectivity index (χ0) is 19.4. The molecule has 0 spiro atoms. The number of ether oxygens (including phenoxy) is 1. The van der Waals surface area contributed by atoms with Crippen molar-refractivity contribution in [2.75, 3.05) is 17.1 Å². The number of aryl methyl sites for hydroxylation is 1. The molecule has 0 fully saturated rings. The van der Waals surface area contributed by atoms with E-state index in [1.165, 1.54) is 25.5 Å². The summed E-state index contributed by atoms with van der Waals surface area (Å²) in [4.78, 5) is 12.2. The molecule has 0 aliphatic rings. The van der Waals surface area contributed by atoms with Crippen LogP contribution in [0, 0.1) is 6.92 Å². The van der Waals surface area contributed by atoms with Gasteiger partial charge in [0.2, 0.25) is 0 Å². The highest BCUT2D eigenvalue weighted by molar-refractivity contribution is 7.92. The number of rotatable bonds is 6. The maximum atomic E-state index is 12.8. The van der Waals surface area contributed by atoms with Gasteiger partial charge in [-0.15, -0.1) is 0 Å². The molecule has 0 saturated heterocycles. The van der Waals surface area contributed by atoms with Gasteiger partial charge in [0.25, 0.3) is 15.9 Å². The fraction of sp³-hybridized carbons (Fsp3) is 0.105. The second kappa shape index (κ2) is 7.55. The van der Waals surface area contributed by atoms with Crippen molar-refractivity contribution in [3.05, 3.63) is 72.2 Å². The summed E-state index contributed by atoms with van der Waals surface area (Å²) in [7, 11) is -2.31. The fourth-order valence-corrected chi connectivity index (χ4v) is 3.77. The van der Waals surface area contributed by atoms with Gasteiger partial charge < -0.3 is 14.5 Å². The lowest BCUT2D eigenvalue weighted by atomic mass is 10.2. The first-order valence-corrected chi connectivity index (χ1v) is 9.50. The number of benzene rings is 2. The molecule has 27 heavy (non-hydrogen) atoms. The van der Waals surface area contributed by atoms with Gasteiger partial charge in [0.05, 0.1) is 18.3 Å². The second-order valence-corrected chi connectivity index (χ2v) is 7.40. The van der Waals surface area contributed by atoms with Crippen molar-refractivity contribution in [3.63, 3.8) is 0 Å². The van der Waals surface area contributed by atoms with Gasteiger partial charge in [0.15, 0.2) is 5.76 Å². The number of carbonyl (C=O) groups is 1. The molecule has 1 heterocycles. The van der Waals surface area contributed by atoms with Gasteiger partial charge >= 0.3 is 0 Å². The molecule has 140 valence electrons. The van der Waals surface area contributed by atoms with Crippen LogP contribution in [-0.2, 0) is 10.0 Å². The minimum absolute atomic E-state index is 0.0653. The van der Waals surface area contributed by atoms with E-state index in [4.69, 9.17) is 9.15 Å². The average molecular weight is 386 g/mol. The van der Waals surface area contributed by atoms with Crippen LogP contribution >= 0.6 is 0 Å². The number of hydrogen-bond donors (Lipinski definition) is 2. The molecule has 1 amide bonds. The van der Waals surface area contributed by atoms with Gasteiger partial charge in [-0.25, -0.2) is 8.42 Å². The van der Waals surface area contributed by atoms with Gasteiger partial charge in [-0.05, 0) is 61.0 Å². The number of anilines is 2. The molecular weight excluding hydrogens is 368 g/mol. The number of sulfonamides is 1. The zero-order valence-corrected chi connectivity index (χ0v) is 15.5. The predicted octanol–water partition coefficient (Wildman–Crippen LogP) is 3.65. The minimum atomic E-state index is -3.84. The van der Waals surface area contributed by atoms with Gasteiger partial charge in [0.1, 0.15) is 5.75 Å². The normalized spacial score (nSPS) is 11.0. The van der Waals surface area contributed by atoms with Crippen molar-refractivity contribution in [1.29, 1.82) is 0 Å². The number of amides is 1. The number of carbonyl (C=O) groups excluding carboxylic acids is 1. The lowest BCUT2D eigenvalue weighted by Crippen LogP contribution is -2.16. The molecule has 3 rings (SSSR count). The first kappa shape index (κ1) is 18.5. The highest BCUT2D eigenvalue weighted by atomic mass is 32.2. The molecule has 0 bridgehead atoms. The highest BCUT2D eigenvalue weighted by Crippen LogP contribution is 2.24. The number of furan rings is 1. The molecule has 2 aromatic carbocycles. The minimum Gasteiger partial charge on any atom is -0.497 e. The van der Waals surface area contributed by atoms with Crippen LogP contribution in [-0.4, -0.2) is 21.4 Å². The van der Waals surface area contributed by atoms with E-state index in [1.54, 1.807) is 49.4 Å². The van der Waals surface area contributed by atoms with Crippen LogP contribution in [0.1, 0.15) is 16.1 Å². The Labute approximate surface area is 157 Å². The molecule has 0 radical (unpaired) electrons. The van der Waals surface area contributed by atoms with Crippen molar-refractivity contribution >= 4 is 27.3 Å². The quantitative estimate of drug-likeness (QED) is 0.674. The van der Waals surface area contributed by atoms with Crippen LogP contribution in [0.5, 0.6) is 5.75 Å². The van der Waals surface area contributed by atoms with E-state index in [2.05, 4.69) is 10.0 Å². The Hall–Kier alpha value is -3.26. The number of hydrogen-bond acceptors (Lipinski definition) is 5. The summed E-state index contributed by atoms with van der Waals surface area (Å²) < 4.78 is 38.2. The molecule has 0 saturated carbocycles. The summed E-state index contributed by atoms with van der Waals surface area (Å²) in [5, 5.41) is 2.62. The molecule has 0 atom stereocenters. The SMILES string of the molecule is COc1ccc(NS(=O)(=O)c2cc(NC(=O)c3ccco3)ccc2C)cc1. The van der Waals surface area contributed by atoms with E-state index < -0.39 is 15.9 Å². The summed E-state index contributed by atoms with van der Waals surface area (Å²) in [6.07, 6.45) is 1.39. The van der Waals surface area contributed by atoms with Crippen LogP contribution in [0.25, 0.3) is 0 Å². The van der Waals surface area contributed by atoms with E-state index in [-0.39, 0.29) is 10.7 Å². The predicted molar refractivity (Wildman–Crippen MR) is 102 cm³/mol. The smallest absolute Gasteiger partial charge is 0.291 e. The largest absolute Gasteiger partial charge is 0.497 e.